The first-order valence-corrected chi connectivity index (χ1v) is 7.53. The van der Waals surface area contributed by atoms with E-state index in [0.29, 0.717) is 10.2 Å². The van der Waals surface area contributed by atoms with Crippen molar-refractivity contribution in [3.63, 3.8) is 0 Å². The molecule has 0 aliphatic rings. The minimum Gasteiger partial charge on any atom is -0.493 e. The van der Waals surface area contributed by atoms with Crippen molar-refractivity contribution in [3.8, 4) is 5.88 Å². The quantitative estimate of drug-likeness (QED) is 0.843. The fourth-order valence-corrected chi connectivity index (χ4v) is 2.33. The third kappa shape index (κ3) is 2.87. The molecular weight excluding hydrogens is 352 g/mol. The van der Waals surface area contributed by atoms with Crippen LogP contribution in [0.4, 0.5) is 11.4 Å². The Balaban J connectivity index is 2.64. The Labute approximate surface area is 134 Å². The van der Waals surface area contributed by atoms with Gasteiger partial charge in [-0.15, -0.1) is 10.2 Å². The van der Waals surface area contributed by atoms with Crippen molar-refractivity contribution in [2.24, 2.45) is 10.2 Å². The number of aromatic hydroxyl groups is 1. The summed E-state index contributed by atoms with van der Waals surface area (Å²) in [5, 5.41) is 17.9. The maximum Gasteiger partial charge on any atom is 0.333 e. The van der Waals surface area contributed by atoms with Gasteiger partial charge in [-0.2, -0.15) is 0 Å². The van der Waals surface area contributed by atoms with Gasteiger partial charge < -0.3 is 5.11 Å². The summed E-state index contributed by atoms with van der Waals surface area (Å²) in [6.07, 6.45) is 0. The van der Waals surface area contributed by atoms with Crippen LogP contribution in [0.2, 0.25) is 0 Å². The lowest BCUT2D eigenvalue weighted by molar-refractivity contribution is 0.397. The van der Waals surface area contributed by atoms with E-state index in [1.165, 1.54) is 0 Å². The fourth-order valence-electron chi connectivity index (χ4n) is 1.96. The van der Waals surface area contributed by atoms with Gasteiger partial charge in [0.25, 0.3) is 5.56 Å². The first kappa shape index (κ1) is 16.2. The summed E-state index contributed by atoms with van der Waals surface area (Å²) >= 11 is 3.32. The van der Waals surface area contributed by atoms with E-state index in [2.05, 4.69) is 26.2 Å². The highest BCUT2D eigenvalue weighted by Crippen LogP contribution is 2.27. The van der Waals surface area contributed by atoms with Crippen molar-refractivity contribution in [3.05, 3.63) is 49.6 Å². The smallest absolute Gasteiger partial charge is 0.333 e. The van der Waals surface area contributed by atoms with Crippen LogP contribution in [0, 0.1) is 0 Å². The normalized spacial score (nSPS) is 11.2. The molecule has 8 heteroatoms. The molecule has 2 aromatic rings. The standard InChI is InChI=1S/C14H15BrN4O3/c1-3-18-12(20)11(13(21)19(4-2)14(18)22)17-16-10-8-6-5-7-9(10)15/h5-8,20H,3-4H2,1-2H3. The van der Waals surface area contributed by atoms with E-state index in [9.17, 15) is 14.7 Å². The van der Waals surface area contributed by atoms with Crippen molar-refractivity contribution >= 4 is 27.3 Å². The summed E-state index contributed by atoms with van der Waals surface area (Å²) < 4.78 is 2.80. The predicted octanol–water partition coefficient (Wildman–Crippen LogP) is 2.93. The molecule has 0 radical (unpaired) electrons. The molecule has 7 nitrogen and oxygen atoms in total. The minimum absolute atomic E-state index is 0.190. The zero-order chi connectivity index (χ0) is 16.3. The van der Waals surface area contributed by atoms with Crippen molar-refractivity contribution in [1.29, 1.82) is 0 Å². The number of halogens is 1. The van der Waals surface area contributed by atoms with Crippen LogP contribution in [-0.2, 0) is 13.1 Å². The minimum atomic E-state index is -0.662. The number of benzene rings is 1. The van der Waals surface area contributed by atoms with Gasteiger partial charge in [0.1, 0.15) is 0 Å². The first-order valence-electron chi connectivity index (χ1n) is 6.74. The molecule has 116 valence electrons. The summed E-state index contributed by atoms with van der Waals surface area (Å²) in [5.74, 6) is -0.474. The molecule has 22 heavy (non-hydrogen) atoms. The maximum absolute atomic E-state index is 12.2. The van der Waals surface area contributed by atoms with E-state index in [4.69, 9.17) is 0 Å². The molecule has 0 saturated heterocycles. The average molecular weight is 367 g/mol. The molecule has 0 bridgehead atoms. The molecular formula is C14H15BrN4O3. The Morgan fingerprint density at radius 1 is 1.09 bits per heavy atom. The van der Waals surface area contributed by atoms with Gasteiger partial charge in [-0.3, -0.25) is 13.9 Å². The molecule has 0 spiro atoms. The van der Waals surface area contributed by atoms with Gasteiger partial charge in [-0.1, -0.05) is 12.1 Å². The van der Waals surface area contributed by atoms with Crippen LogP contribution < -0.4 is 11.2 Å². The van der Waals surface area contributed by atoms with Crippen LogP contribution in [0.25, 0.3) is 0 Å². The van der Waals surface area contributed by atoms with Gasteiger partial charge in [-0.05, 0) is 41.9 Å². The molecule has 0 unspecified atom stereocenters. The molecule has 1 aromatic carbocycles. The fraction of sp³-hybridized carbons (Fsp3) is 0.286. The number of azo groups is 1. The number of rotatable bonds is 4. The van der Waals surface area contributed by atoms with E-state index in [1.54, 1.807) is 32.0 Å². The second-order valence-electron chi connectivity index (χ2n) is 4.40. The van der Waals surface area contributed by atoms with Crippen LogP contribution in [0.5, 0.6) is 5.88 Å². The first-order chi connectivity index (χ1) is 10.5. The molecule has 0 amide bonds. The second kappa shape index (κ2) is 6.69. The zero-order valence-corrected chi connectivity index (χ0v) is 13.7. The lowest BCUT2D eigenvalue weighted by Gasteiger charge is -2.10. The van der Waals surface area contributed by atoms with Crippen molar-refractivity contribution in [1.82, 2.24) is 9.13 Å². The Kier molecular flexibility index (Phi) is 4.92. The third-order valence-corrected chi connectivity index (χ3v) is 3.79. The summed E-state index contributed by atoms with van der Waals surface area (Å²) in [7, 11) is 0. The molecule has 0 saturated carbocycles. The molecule has 1 heterocycles. The summed E-state index contributed by atoms with van der Waals surface area (Å²) in [5.41, 5.74) is -0.963. The number of nitrogens with zero attached hydrogens (tertiary/aromatic N) is 4. The van der Waals surface area contributed by atoms with Gasteiger partial charge in [0, 0.05) is 17.6 Å². The van der Waals surface area contributed by atoms with Crippen LogP contribution in [0.1, 0.15) is 13.8 Å². The Bertz CT molecular complexity index is 839. The topological polar surface area (TPSA) is 88.9 Å². The third-order valence-electron chi connectivity index (χ3n) is 3.12. The Morgan fingerprint density at radius 3 is 2.32 bits per heavy atom. The number of aromatic nitrogens is 2. The molecule has 0 aliphatic heterocycles. The lowest BCUT2D eigenvalue weighted by Crippen LogP contribution is -2.38. The van der Waals surface area contributed by atoms with E-state index >= 15 is 0 Å². The molecule has 0 atom stereocenters. The molecule has 1 aromatic heterocycles. The monoisotopic (exact) mass is 366 g/mol. The lowest BCUT2D eigenvalue weighted by atomic mass is 10.3. The van der Waals surface area contributed by atoms with Crippen LogP contribution in [0.3, 0.4) is 0 Å². The highest BCUT2D eigenvalue weighted by atomic mass is 79.9. The van der Waals surface area contributed by atoms with Gasteiger partial charge in [0.2, 0.25) is 11.6 Å². The maximum atomic E-state index is 12.2. The number of hydrogen-bond acceptors (Lipinski definition) is 5. The molecule has 2 rings (SSSR count). The van der Waals surface area contributed by atoms with Crippen molar-refractivity contribution < 1.29 is 5.11 Å². The van der Waals surface area contributed by atoms with Crippen molar-refractivity contribution in [2.75, 3.05) is 0 Å². The summed E-state index contributed by atoms with van der Waals surface area (Å²) in [6, 6.07) is 7.09. The molecule has 1 N–H and O–H groups in total. The van der Waals surface area contributed by atoms with E-state index in [1.807, 2.05) is 6.07 Å². The van der Waals surface area contributed by atoms with E-state index in [0.717, 1.165) is 9.13 Å². The van der Waals surface area contributed by atoms with Gasteiger partial charge in [0.15, 0.2) is 0 Å². The Hall–Kier alpha value is -2.22. The zero-order valence-electron chi connectivity index (χ0n) is 12.2. The SMILES string of the molecule is CCn1c(O)c(N=Nc2ccccc2Br)c(=O)n(CC)c1=O. The molecule has 0 aliphatic carbocycles. The van der Waals surface area contributed by atoms with Crippen molar-refractivity contribution in [2.45, 2.75) is 26.9 Å². The van der Waals surface area contributed by atoms with Gasteiger partial charge in [-0.25, -0.2) is 4.79 Å². The Morgan fingerprint density at radius 2 is 1.73 bits per heavy atom. The highest BCUT2D eigenvalue weighted by molar-refractivity contribution is 9.10. The largest absolute Gasteiger partial charge is 0.493 e. The van der Waals surface area contributed by atoms with Gasteiger partial charge >= 0.3 is 5.69 Å². The summed E-state index contributed by atoms with van der Waals surface area (Å²) in [4.78, 5) is 24.3. The predicted molar refractivity (Wildman–Crippen MR) is 86.3 cm³/mol. The molecule has 0 fully saturated rings. The van der Waals surface area contributed by atoms with Crippen LogP contribution in [-0.4, -0.2) is 14.2 Å². The second-order valence-corrected chi connectivity index (χ2v) is 5.25. The van der Waals surface area contributed by atoms with E-state index in [-0.39, 0.29) is 18.8 Å². The van der Waals surface area contributed by atoms with E-state index < -0.39 is 17.1 Å². The van der Waals surface area contributed by atoms with Crippen LogP contribution in [0.15, 0.2) is 48.6 Å². The average Bonchev–Trinajstić information content (AvgIpc) is 2.49. The highest BCUT2D eigenvalue weighted by Gasteiger charge is 2.17. The van der Waals surface area contributed by atoms with Crippen LogP contribution >= 0.6 is 15.9 Å². The summed E-state index contributed by atoms with van der Waals surface area (Å²) in [6.45, 7) is 3.78. The number of hydrogen-bond donors (Lipinski definition) is 1. The van der Waals surface area contributed by atoms with Gasteiger partial charge in [0.05, 0.1) is 5.69 Å².